The first kappa shape index (κ1) is 38.7. The molecule has 0 saturated carbocycles. The first-order chi connectivity index (χ1) is 28.3. The third-order valence-electron chi connectivity index (χ3n) is 14.1. The molecular formula is C56H59BN2O. The van der Waals surface area contributed by atoms with Gasteiger partial charge in [-0.25, -0.2) is 0 Å². The van der Waals surface area contributed by atoms with E-state index in [1.54, 1.807) is 0 Å². The van der Waals surface area contributed by atoms with Crippen LogP contribution in [0.15, 0.2) is 120 Å². The first-order valence-corrected chi connectivity index (χ1v) is 22.1. The summed E-state index contributed by atoms with van der Waals surface area (Å²) in [4.78, 5) is 5.12. The van der Waals surface area contributed by atoms with Crippen LogP contribution in [-0.4, -0.2) is 6.71 Å². The highest BCUT2D eigenvalue weighted by molar-refractivity contribution is 7.00. The zero-order chi connectivity index (χ0) is 42.3. The predicted molar refractivity (Wildman–Crippen MR) is 258 cm³/mol. The molecule has 10 rings (SSSR count). The van der Waals surface area contributed by atoms with Crippen LogP contribution in [0, 0.1) is 13.8 Å². The van der Waals surface area contributed by atoms with Crippen molar-refractivity contribution in [1.29, 1.82) is 0 Å². The van der Waals surface area contributed by atoms with E-state index in [0.29, 0.717) is 0 Å². The lowest BCUT2D eigenvalue weighted by atomic mass is 9.35. The van der Waals surface area contributed by atoms with Gasteiger partial charge in [0.2, 0.25) is 0 Å². The average Bonchev–Trinajstić information content (AvgIpc) is 3.57. The standard InChI is InChI=1S/C56H59BN2O/c1-34-18-24-40(36-16-14-13-15-17-36)46(28-34)59-48-30-35(2)29-47-50(48)57(52-51(59)41-32-42-43(33-49(41)60-52)56(11,12)27-26-55(42,9)10)44-31-38(54(6,7)8)21-25-45(44)58(47)39-22-19-37(20-23-39)53(3,4)5/h13-25,28-33H,26-27H2,1-12H3. The number of aryl methyl sites for hydroxylation is 2. The molecule has 3 nitrogen and oxygen atoms in total. The largest absolute Gasteiger partial charge is 0.468 e. The van der Waals surface area contributed by atoms with E-state index in [0.717, 1.165) is 24.1 Å². The second-order valence-electron chi connectivity index (χ2n) is 21.5. The number of anilines is 6. The lowest BCUT2D eigenvalue weighted by molar-refractivity contribution is 0.332. The molecule has 0 radical (unpaired) electrons. The summed E-state index contributed by atoms with van der Waals surface area (Å²) in [6.07, 6.45) is 2.31. The number of fused-ring (bicyclic) bond motifs is 7. The van der Waals surface area contributed by atoms with Crippen LogP contribution in [0.5, 0.6) is 0 Å². The van der Waals surface area contributed by atoms with Crippen molar-refractivity contribution >= 4 is 68.4 Å². The summed E-state index contributed by atoms with van der Waals surface area (Å²) in [5.41, 5.74) is 22.2. The summed E-state index contributed by atoms with van der Waals surface area (Å²) < 4.78 is 7.54. The normalized spacial score (nSPS) is 16.4. The van der Waals surface area contributed by atoms with Crippen LogP contribution >= 0.6 is 0 Å². The summed E-state index contributed by atoms with van der Waals surface area (Å²) in [6, 6.07) is 44.2. The molecule has 0 atom stereocenters. The zero-order valence-corrected chi connectivity index (χ0v) is 37.8. The minimum Gasteiger partial charge on any atom is -0.468 e. The SMILES string of the molecule is Cc1ccc(-c2ccccc2)c(N2c3cc(C)cc4c3B(c3cc(C(C)(C)C)ccc3N4c3ccc(C(C)(C)C)cc3)c3oc4cc5c(cc4c32)C(C)(C)CCC5(C)C)c1. The second kappa shape index (κ2) is 13.0. The first-order valence-electron chi connectivity index (χ1n) is 22.1. The van der Waals surface area contributed by atoms with Gasteiger partial charge >= 0.3 is 0 Å². The van der Waals surface area contributed by atoms with Crippen molar-refractivity contribution in [2.45, 2.75) is 118 Å². The highest BCUT2D eigenvalue weighted by atomic mass is 16.3. The Labute approximate surface area is 358 Å². The van der Waals surface area contributed by atoms with Gasteiger partial charge in [0.15, 0.2) is 0 Å². The molecule has 60 heavy (non-hydrogen) atoms. The van der Waals surface area contributed by atoms with Gasteiger partial charge in [-0.05, 0) is 147 Å². The molecule has 7 aromatic rings. The Morgan fingerprint density at radius 3 is 1.82 bits per heavy atom. The molecule has 3 heterocycles. The summed E-state index contributed by atoms with van der Waals surface area (Å²) >= 11 is 0. The van der Waals surface area contributed by atoms with Crippen molar-refractivity contribution in [2.75, 3.05) is 9.80 Å². The third-order valence-corrected chi connectivity index (χ3v) is 14.1. The molecule has 6 aromatic carbocycles. The Morgan fingerprint density at radius 2 is 1.17 bits per heavy atom. The molecule has 1 aromatic heterocycles. The van der Waals surface area contributed by atoms with Gasteiger partial charge in [-0.15, -0.1) is 0 Å². The van der Waals surface area contributed by atoms with Gasteiger partial charge in [0.25, 0.3) is 6.71 Å². The molecule has 0 N–H and O–H groups in total. The molecule has 4 heteroatoms. The van der Waals surface area contributed by atoms with Crippen LogP contribution in [0.1, 0.15) is 115 Å². The zero-order valence-electron chi connectivity index (χ0n) is 37.8. The fraction of sp³-hybridized carbons (Fsp3) is 0.321. The van der Waals surface area contributed by atoms with Crippen molar-refractivity contribution < 1.29 is 4.42 Å². The maximum Gasteiger partial charge on any atom is 0.297 e. The topological polar surface area (TPSA) is 19.6 Å². The Balaban J connectivity index is 1.35. The number of hydrogen-bond acceptors (Lipinski definition) is 3. The van der Waals surface area contributed by atoms with Gasteiger partial charge in [0.05, 0.1) is 17.0 Å². The molecule has 0 spiro atoms. The van der Waals surface area contributed by atoms with Crippen LogP contribution in [0.4, 0.5) is 34.1 Å². The van der Waals surface area contributed by atoms with Crippen LogP contribution in [0.25, 0.3) is 22.1 Å². The third kappa shape index (κ3) is 5.92. The van der Waals surface area contributed by atoms with Gasteiger partial charge in [0, 0.05) is 33.7 Å². The second-order valence-corrected chi connectivity index (χ2v) is 21.5. The van der Waals surface area contributed by atoms with E-state index in [-0.39, 0.29) is 28.4 Å². The highest BCUT2D eigenvalue weighted by Crippen LogP contribution is 2.53. The van der Waals surface area contributed by atoms with E-state index >= 15 is 0 Å². The molecule has 0 saturated heterocycles. The minimum absolute atomic E-state index is 0.0373. The number of furan rings is 1. The number of hydrogen-bond donors (Lipinski definition) is 0. The predicted octanol–water partition coefficient (Wildman–Crippen LogP) is 13.7. The number of nitrogens with zero attached hydrogens (tertiary/aromatic N) is 2. The lowest BCUT2D eigenvalue weighted by Crippen LogP contribution is -2.61. The van der Waals surface area contributed by atoms with Gasteiger partial charge in [-0.1, -0.05) is 136 Å². The van der Waals surface area contributed by atoms with Gasteiger partial charge in [-0.2, -0.15) is 0 Å². The molecule has 0 unspecified atom stereocenters. The molecule has 3 aliphatic rings. The van der Waals surface area contributed by atoms with E-state index in [9.17, 15) is 0 Å². The molecule has 0 fully saturated rings. The summed E-state index contributed by atoms with van der Waals surface area (Å²) in [7, 11) is 0. The van der Waals surface area contributed by atoms with Crippen LogP contribution in [0.3, 0.4) is 0 Å². The van der Waals surface area contributed by atoms with E-state index in [2.05, 4.69) is 208 Å². The van der Waals surface area contributed by atoms with Gasteiger partial charge < -0.3 is 14.2 Å². The quantitative estimate of drug-likeness (QED) is 0.166. The maximum atomic E-state index is 7.54. The lowest BCUT2D eigenvalue weighted by Gasteiger charge is -2.43. The molecule has 2 aliphatic heterocycles. The number of benzene rings is 6. The Kier molecular flexibility index (Phi) is 8.40. The number of rotatable bonds is 3. The van der Waals surface area contributed by atoms with Crippen molar-refractivity contribution in [1.82, 2.24) is 0 Å². The molecule has 0 bridgehead atoms. The van der Waals surface area contributed by atoms with Gasteiger partial charge in [0.1, 0.15) is 5.58 Å². The average molecular weight is 787 g/mol. The van der Waals surface area contributed by atoms with Crippen molar-refractivity contribution in [3.8, 4) is 11.1 Å². The molecule has 0 amide bonds. The molecular weight excluding hydrogens is 727 g/mol. The highest BCUT2D eigenvalue weighted by Gasteiger charge is 2.48. The monoisotopic (exact) mass is 786 g/mol. The van der Waals surface area contributed by atoms with Crippen LogP contribution in [-0.2, 0) is 21.7 Å². The van der Waals surface area contributed by atoms with E-state index in [1.807, 2.05) is 0 Å². The Morgan fingerprint density at radius 1 is 0.567 bits per heavy atom. The fourth-order valence-electron chi connectivity index (χ4n) is 10.5. The van der Waals surface area contributed by atoms with Crippen molar-refractivity contribution in [3.05, 3.63) is 149 Å². The van der Waals surface area contributed by atoms with Gasteiger partial charge in [-0.3, -0.25) is 0 Å². The molecule has 1 aliphatic carbocycles. The minimum atomic E-state index is -0.111. The van der Waals surface area contributed by atoms with E-state index < -0.39 is 0 Å². The Bertz CT molecular complexity index is 2860. The fourth-order valence-corrected chi connectivity index (χ4v) is 10.5. The van der Waals surface area contributed by atoms with E-state index in [4.69, 9.17) is 4.42 Å². The molecule has 302 valence electrons. The van der Waals surface area contributed by atoms with Crippen molar-refractivity contribution in [3.63, 3.8) is 0 Å². The maximum absolute atomic E-state index is 7.54. The van der Waals surface area contributed by atoms with Crippen LogP contribution < -0.4 is 26.4 Å². The Hall–Kier alpha value is -5.48. The van der Waals surface area contributed by atoms with Crippen LogP contribution in [0.2, 0.25) is 0 Å². The van der Waals surface area contributed by atoms with Crippen molar-refractivity contribution in [2.24, 2.45) is 0 Å². The van der Waals surface area contributed by atoms with E-state index in [1.165, 1.54) is 94.9 Å². The summed E-state index contributed by atoms with van der Waals surface area (Å²) in [5, 5.41) is 1.19. The summed E-state index contributed by atoms with van der Waals surface area (Å²) in [5.74, 6) is 0. The summed E-state index contributed by atoms with van der Waals surface area (Å²) in [6.45, 7) is 27.9. The smallest absolute Gasteiger partial charge is 0.297 e.